The van der Waals surface area contributed by atoms with E-state index in [9.17, 15) is 8.42 Å². The van der Waals surface area contributed by atoms with Crippen LogP contribution in [0.2, 0.25) is 0 Å². The van der Waals surface area contributed by atoms with Crippen LogP contribution >= 0.6 is 11.3 Å². The van der Waals surface area contributed by atoms with Crippen LogP contribution in [0.5, 0.6) is 0 Å². The van der Waals surface area contributed by atoms with E-state index in [0.29, 0.717) is 17.3 Å². The molecule has 0 aromatic carbocycles. The van der Waals surface area contributed by atoms with Crippen LogP contribution in [-0.4, -0.2) is 32.9 Å². The Labute approximate surface area is 101 Å². The molecule has 6 heteroatoms. The number of rotatable bonds is 5. The lowest BCUT2D eigenvalue weighted by Crippen LogP contribution is -2.33. The summed E-state index contributed by atoms with van der Waals surface area (Å²) in [5.74, 6) is 0.167. The van der Waals surface area contributed by atoms with Gasteiger partial charge in [-0.25, -0.2) is 8.42 Å². The largest absolute Gasteiger partial charge is 0.330 e. The van der Waals surface area contributed by atoms with E-state index in [1.165, 1.54) is 15.6 Å². The first-order valence-corrected chi connectivity index (χ1v) is 7.36. The second-order valence-electron chi connectivity index (χ2n) is 3.99. The first-order chi connectivity index (χ1) is 7.37. The van der Waals surface area contributed by atoms with Gasteiger partial charge in [-0.2, -0.15) is 4.31 Å². The van der Waals surface area contributed by atoms with Gasteiger partial charge in [0.2, 0.25) is 0 Å². The Balaban J connectivity index is 2.86. The normalized spacial score (nSPS) is 14.3. The third-order valence-electron chi connectivity index (χ3n) is 2.35. The van der Waals surface area contributed by atoms with Crippen molar-refractivity contribution in [2.75, 3.05) is 20.1 Å². The van der Waals surface area contributed by atoms with Gasteiger partial charge in [0, 0.05) is 18.5 Å². The fourth-order valence-electron chi connectivity index (χ4n) is 1.32. The predicted molar refractivity (Wildman–Crippen MR) is 67.1 cm³/mol. The second kappa shape index (κ2) is 5.27. The molecule has 2 N–H and O–H groups in total. The zero-order chi connectivity index (χ0) is 12.3. The Bertz CT molecular complexity index is 439. The van der Waals surface area contributed by atoms with Crippen molar-refractivity contribution in [1.29, 1.82) is 0 Å². The molecule has 1 heterocycles. The van der Waals surface area contributed by atoms with Gasteiger partial charge in [0.15, 0.2) is 0 Å². The van der Waals surface area contributed by atoms with Gasteiger partial charge in [0.05, 0.1) is 0 Å². The van der Waals surface area contributed by atoms with Gasteiger partial charge >= 0.3 is 0 Å². The molecule has 1 atom stereocenters. The first-order valence-electron chi connectivity index (χ1n) is 5.10. The Morgan fingerprint density at radius 1 is 1.50 bits per heavy atom. The molecule has 0 aliphatic carbocycles. The van der Waals surface area contributed by atoms with Crippen LogP contribution in [0.3, 0.4) is 0 Å². The summed E-state index contributed by atoms with van der Waals surface area (Å²) in [6.07, 6.45) is 0. The van der Waals surface area contributed by atoms with Gasteiger partial charge in [-0.15, -0.1) is 11.3 Å². The van der Waals surface area contributed by atoms with Gasteiger partial charge in [0.25, 0.3) is 10.0 Å². The molecule has 1 aromatic heterocycles. The number of thiophene rings is 1. The molecule has 0 saturated carbocycles. The standard InChI is InChI=1S/C10H18N2O2S2/c1-8(6-11)7-12(3)16(13,14)10-5-4-9(2)15-10/h4-5,8H,6-7,11H2,1-3H3. The van der Waals surface area contributed by atoms with E-state index >= 15 is 0 Å². The quantitative estimate of drug-likeness (QED) is 0.869. The summed E-state index contributed by atoms with van der Waals surface area (Å²) in [6.45, 7) is 4.77. The van der Waals surface area contributed by atoms with Crippen LogP contribution in [0.1, 0.15) is 11.8 Å². The second-order valence-corrected chi connectivity index (χ2v) is 7.55. The topological polar surface area (TPSA) is 63.4 Å². The highest BCUT2D eigenvalue weighted by Crippen LogP contribution is 2.23. The number of sulfonamides is 1. The molecule has 0 bridgehead atoms. The third-order valence-corrected chi connectivity index (χ3v) is 5.64. The van der Waals surface area contributed by atoms with Crippen molar-refractivity contribution in [2.24, 2.45) is 11.7 Å². The van der Waals surface area contributed by atoms with Crippen LogP contribution in [0.15, 0.2) is 16.3 Å². The fourth-order valence-corrected chi connectivity index (χ4v) is 4.10. The summed E-state index contributed by atoms with van der Waals surface area (Å²) in [7, 11) is -1.73. The zero-order valence-electron chi connectivity index (χ0n) is 9.80. The van der Waals surface area contributed by atoms with Crippen LogP contribution in [-0.2, 0) is 10.0 Å². The van der Waals surface area contributed by atoms with Crippen molar-refractivity contribution < 1.29 is 8.42 Å². The highest BCUT2D eigenvalue weighted by atomic mass is 32.2. The Kier molecular flexibility index (Phi) is 4.49. The number of nitrogens with zero attached hydrogens (tertiary/aromatic N) is 1. The number of nitrogens with two attached hydrogens (primary N) is 1. The molecule has 0 saturated heterocycles. The molecule has 92 valence electrons. The summed E-state index contributed by atoms with van der Waals surface area (Å²) >= 11 is 1.30. The van der Waals surface area contributed by atoms with Crippen molar-refractivity contribution in [3.05, 3.63) is 17.0 Å². The SMILES string of the molecule is Cc1ccc(S(=O)(=O)N(C)CC(C)CN)s1. The lowest BCUT2D eigenvalue weighted by molar-refractivity contribution is 0.406. The Morgan fingerprint density at radius 2 is 2.12 bits per heavy atom. The minimum absolute atomic E-state index is 0.167. The van der Waals surface area contributed by atoms with E-state index < -0.39 is 10.0 Å². The molecular formula is C10H18N2O2S2. The van der Waals surface area contributed by atoms with Crippen molar-refractivity contribution >= 4 is 21.4 Å². The minimum atomic E-state index is -3.33. The average Bonchev–Trinajstić information content (AvgIpc) is 2.65. The van der Waals surface area contributed by atoms with Gasteiger partial charge < -0.3 is 5.73 Å². The average molecular weight is 262 g/mol. The van der Waals surface area contributed by atoms with Gasteiger partial charge in [0.1, 0.15) is 4.21 Å². The molecule has 4 nitrogen and oxygen atoms in total. The van der Waals surface area contributed by atoms with E-state index in [1.807, 2.05) is 19.9 Å². The van der Waals surface area contributed by atoms with Crippen LogP contribution in [0.25, 0.3) is 0 Å². The molecule has 16 heavy (non-hydrogen) atoms. The maximum absolute atomic E-state index is 12.1. The van der Waals surface area contributed by atoms with Crippen molar-refractivity contribution in [3.8, 4) is 0 Å². The van der Waals surface area contributed by atoms with Crippen molar-refractivity contribution in [3.63, 3.8) is 0 Å². The third kappa shape index (κ3) is 3.04. The highest BCUT2D eigenvalue weighted by Gasteiger charge is 2.23. The van der Waals surface area contributed by atoms with Crippen LogP contribution < -0.4 is 5.73 Å². The smallest absolute Gasteiger partial charge is 0.252 e. The summed E-state index contributed by atoms with van der Waals surface area (Å²) in [5.41, 5.74) is 5.49. The minimum Gasteiger partial charge on any atom is -0.330 e. The van der Waals surface area contributed by atoms with Crippen LogP contribution in [0, 0.1) is 12.8 Å². The lowest BCUT2D eigenvalue weighted by atomic mass is 10.2. The zero-order valence-corrected chi connectivity index (χ0v) is 11.4. The maximum atomic E-state index is 12.1. The summed E-state index contributed by atoms with van der Waals surface area (Å²) in [4.78, 5) is 0.999. The molecule has 0 spiro atoms. The molecule has 0 aliphatic rings. The molecule has 1 rings (SSSR count). The van der Waals surface area contributed by atoms with Crippen molar-refractivity contribution in [1.82, 2.24) is 4.31 Å². The summed E-state index contributed by atoms with van der Waals surface area (Å²) < 4.78 is 26.0. The van der Waals surface area contributed by atoms with E-state index in [1.54, 1.807) is 13.1 Å². The number of hydrogen-bond acceptors (Lipinski definition) is 4. The van der Waals surface area contributed by atoms with E-state index in [0.717, 1.165) is 4.88 Å². The van der Waals surface area contributed by atoms with Gasteiger partial charge in [-0.1, -0.05) is 6.92 Å². The predicted octanol–water partition coefficient (Wildman–Crippen LogP) is 1.27. The Hall–Kier alpha value is -0.430. The van der Waals surface area contributed by atoms with Gasteiger partial charge in [-0.05, 0) is 31.5 Å². The summed E-state index contributed by atoms with van der Waals surface area (Å²) in [5, 5.41) is 0. The van der Waals surface area contributed by atoms with E-state index in [-0.39, 0.29) is 5.92 Å². The molecular weight excluding hydrogens is 244 g/mol. The molecule has 1 unspecified atom stereocenters. The summed E-state index contributed by atoms with van der Waals surface area (Å²) in [6, 6.07) is 3.47. The number of hydrogen-bond donors (Lipinski definition) is 1. The molecule has 0 amide bonds. The maximum Gasteiger partial charge on any atom is 0.252 e. The fraction of sp³-hybridized carbons (Fsp3) is 0.600. The molecule has 1 aromatic rings. The highest BCUT2D eigenvalue weighted by molar-refractivity contribution is 7.91. The Morgan fingerprint density at radius 3 is 2.56 bits per heavy atom. The van der Waals surface area contributed by atoms with Crippen LogP contribution in [0.4, 0.5) is 0 Å². The molecule has 0 fully saturated rings. The molecule has 0 radical (unpaired) electrons. The van der Waals surface area contributed by atoms with E-state index in [4.69, 9.17) is 5.73 Å². The van der Waals surface area contributed by atoms with Crippen molar-refractivity contribution in [2.45, 2.75) is 18.1 Å². The first kappa shape index (κ1) is 13.6. The monoisotopic (exact) mass is 262 g/mol. The molecule has 0 aliphatic heterocycles. The lowest BCUT2D eigenvalue weighted by Gasteiger charge is -2.19. The van der Waals surface area contributed by atoms with E-state index in [2.05, 4.69) is 0 Å². The van der Waals surface area contributed by atoms with Gasteiger partial charge in [-0.3, -0.25) is 0 Å². The number of aryl methyl sites for hydroxylation is 1.